The first-order valence-electron chi connectivity index (χ1n) is 7.45. The molecule has 1 aliphatic carbocycles. The maximum atomic E-state index is 11.5. The van der Waals surface area contributed by atoms with Crippen molar-refractivity contribution in [2.45, 2.75) is 18.7 Å². The average molecular weight is 322 g/mol. The Bertz CT molecular complexity index is 814. The smallest absolute Gasteiger partial charge is 0.308 e. The molecule has 0 N–H and O–H groups in total. The number of hydrogen-bond acceptors (Lipinski definition) is 3. The number of fused-ring (bicyclic) bond motifs is 1. The molecule has 2 nitrogen and oxygen atoms in total. The van der Waals surface area contributed by atoms with E-state index in [0.717, 1.165) is 27.8 Å². The Kier molecular flexibility index (Phi) is 4.39. The number of rotatable bonds is 3. The van der Waals surface area contributed by atoms with E-state index in [-0.39, 0.29) is 5.97 Å². The van der Waals surface area contributed by atoms with Gasteiger partial charge < -0.3 is 4.74 Å². The molecule has 0 spiro atoms. The van der Waals surface area contributed by atoms with Crippen LogP contribution in [0, 0.1) is 0 Å². The first kappa shape index (κ1) is 15.6. The van der Waals surface area contributed by atoms with Crippen LogP contribution in [0.25, 0.3) is 17.2 Å². The van der Waals surface area contributed by atoms with Gasteiger partial charge in [-0.1, -0.05) is 36.4 Å². The van der Waals surface area contributed by atoms with Crippen LogP contribution in [0.5, 0.6) is 0 Å². The van der Waals surface area contributed by atoms with Crippen LogP contribution in [-0.4, -0.2) is 12.2 Å². The maximum Gasteiger partial charge on any atom is 0.308 e. The summed E-state index contributed by atoms with van der Waals surface area (Å²) in [5.41, 5.74) is 5.28. The van der Waals surface area contributed by atoms with E-state index in [0.29, 0.717) is 5.76 Å². The third-order valence-corrected chi connectivity index (χ3v) is 4.62. The predicted molar refractivity (Wildman–Crippen MR) is 96.9 cm³/mol. The second kappa shape index (κ2) is 6.47. The normalized spacial score (nSPS) is 15.0. The molecular weight excluding hydrogens is 304 g/mol. The minimum absolute atomic E-state index is 0.296. The molecule has 0 amide bonds. The molecule has 0 aliphatic heterocycles. The van der Waals surface area contributed by atoms with E-state index in [1.165, 1.54) is 11.8 Å². The zero-order valence-corrected chi connectivity index (χ0v) is 14.2. The summed E-state index contributed by atoms with van der Waals surface area (Å²) >= 11 is 1.72. The van der Waals surface area contributed by atoms with Crippen molar-refractivity contribution in [2.75, 3.05) is 6.26 Å². The summed E-state index contributed by atoms with van der Waals surface area (Å²) in [7, 11) is 0. The second-order valence-electron chi connectivity index (χ2n) is 5.42. The molecule has 0 heterocycles. The lowest BCUT2D eigenvalue weighted by molar-refractivity contribution is -0.136. The summed E-state index contributed by atoms with van der Waals surface area (Å²) in [6.45, 7) is 3.43. The summed E-state index contributed by atoms with van der Waals surface area (Å²) < 4.78 is 5.50. The van der Waals surface area contributed by atoms with Gasteiger partial charge in [0.1, 0.15) is 5.76 Å². The second-order valence-corrected chi connectivity index (χ2v) is 6.30. The molecule has 0 unspecified atom stereocenters. The fraction of sp³-hybridized carbons (Fsp3) is 0.150. The number of thioether (sulfide) groups is 1. The number of carbonyl (C=O) groups excluding carboxylic acids is 1. The van der Waals surface area contributed by atoms with Crippen LogP contribution in [0.1, 0.15) is 30.5 Å². The lowest BCUT2D eigenvalue weighted by Crippen LogP contribution is -1.99. The standard InChI is InChI=1S/C20H18O2S/c1-13-17-6-4-5-7-18(17)19(20(13)22-14(2)21)12-15-8-10-16(23-3)11-9-15/h4-12H,1-3H3. The SMILES string of the molecule is CSc1ccc(C=C2C(OC(C)=O)=C(C)c3ccccc32)cc1. The molecule has 0 atom stereocenters. The first-order chi connectivity index (χ1) is 11.1. The molecule has 23 heavy (non-hydrogen) atoms. The van der Waals surface area contributed by atoms with Gasteiger partial charge in [0.15, 0.2) is 0 Å². The van der Waals surface area contributed by atoms with Crippen molar-refractivity contribution >= 4 is 35.0 Å². The third kappa shape index (κ3) is 3.10. The highest BCUT2D eigenvalue weighted by molar-refractivity contribution is 7.98. The Labute approximate surface area is 140 Å². The predicted octanol–water partition coefficient (Wildman–Crippen LogP) is 5.26. The van der Waals surface area contributed by atoms with Gasteiger partial charge in [-0.2, -0.15) is 0 Å². The Morgan fingerprint density at radius 1 is 1.04 bits per heavy atom. The summed E-state index contributed by atoms with van der Waals surface area (Å²) in [6, 6.07) is 16.5. The molecule has 2 aromatic rings. The van der Waals surface area contributed by atoms with E-state index in [4.69, 9.17) is 4.74 Å². The van der Waals surface area contributed by atoms with Gasteiger partial charge in [0.2, 0.25) is 0 Å². The molecule has 116 valence electrons. The number of esters is 1. The van der Waals surface area contributed by atoms with Gasteiger partial charge in [0.05, 0.1) is 0 Å². The molecule has 2 aromatic carbocycles. The monoisotopic (exact) mass is 322 g/mol. The number of ether oxygens (including phenoxy) is 1. The Morgan fingerprint density at radius 2 is 1.70 bits per heavy atom. The molecular formula is C20H18O2S. The fourth-order valence-electron chi connectivity index (χ4n) is 2.78. The van der Waals surface area contributed by atoms with Crippen LogP contribution in [0.3, 0.4) is 0 Å². The quantitative estimate of drug-likeness (QED) is 0.570. The first-order valence-corrected chi connectivity index (χ1v) is 8.68. The summed E-state index contributed by atoms with van der Waals surface area (Å²) in [5, 5.41) is 0. The third-order valence-electron chi connectivity index (χ3n) is 3.88. The van der Waals surface area contributed by atoms with Crippen molar-refractivity contribution in [3.63, 3.8) is 0 Å². The number of carbonyl (C=O) groups is 1. The van der Waals surface area contributed by atoms with Crippen molar-refractivity contribution in [1.29, 1.82) is 0 Å². The zero-order chi connectivity index (χ0) is 16.4. The summed E-state index contributed by atoms with van der Waals surface area (Å²) in [6.07, 6.45) is 4.14. The van der Waals surface area contributed by atoms with Gasteiger partial charge in [0.25, 0.3) is 0 Å². The fourth-order valence-corrected chi connectivity index (χ4v) is 3.19. The average Bonchev–Trinajstić information content (AvgIpc) is 2.81. The van der Waals surface area contributed by atoms with Crippen LogP contribution >= 0.6 is 11.8 Å². The van der Waals surface area contributed by atoms with Crippen LogP contribution < -0.4 is 0 Å². The summed E-state index contributed by atoms with van der Waals surface area (Å²) in [4.78, 5) is 12.7. The number of benzene rings is 2. The zero-order valence-electron chi connectivity index (χ0n) is 13.4. The number of allylic oxidation sites excluding steroid dienone is 2. The highest BCUT2D eigenvalue weighted by Gasteiger charge is 2.26. The molecule has 1 aliphatic rings. The largest absolute Gasteiger partial charge is 0.426 e. The van der Waals surface area contributed by atoms with Crippen LogP contribution in [0.2, 0.25) is 0 Å². The van der Waals surface area contributed by atoms with Gasteiger partial charge in [-0.15, -0.1) is 11.8 Å². The topological polar surface area (TPSA) is 26.3 Å². The maximum absolute atomic E-state index is 11.5. The molecule has 3 rings (SSSR count). The highest BCUT2D eigenvalue weighted by atomic mass is 32.2. The number of hydrogen-bond donors (Lipinski definition) is 0. The van der Waals surface area contributed by atoms with E-state index in [1.807, 2.05) is 19.1 Å². The van der Waals surface area contributed by atoms with Gasteiger partial charge in [-0.25, -0.2) is 0 Å². The van der Waals surface area contributed by atoms with Crippen molar-refractivity contribution in [3.8, 4) is 0 Å². The molecule has 3 heteroatoms. The lowest BCUT2D eigenvalue weighted by atomic mass is 10.0. The Hall–Kier alpha value is -2.26. The molecule has 0 saturated heterocycles. The van der Waals surface area contributed by atoms with Crippen molar-refractivity contribution in [2.24, 2.45) is 0 Å². The molecule has 0 saturated carbocycles. The lowest BCUT2D eigenvalue weighted by Gasteiger charge is -2.08. The van der Waals surface area contributed by atoms with Gasteiger partial charge in [0, 0.05) is 23.0 Å². The molecule has 0 aromatic heterocycles. The summed E-state index contributed by atoms with van der Waals surface area (Å²) in [5.74, 6) is 0.364. The Morgan fingerprint density at radius 3 is 2.30 bits per heavy atom. The minimum atomic E-state index is -0.296. The van der Waals surface area contributed by atoms with Crippen LogP contribution in [0.15, 0.2) is 59.2 Å². The molecule has 0 radical (unpaired) electrons. The van der Waals surface area contributed by atoms with Crippen molar-refractivity contribution in [3.05, 3.63) is 71.0 Å². The van der Waals surface area contributed by atoms with E-state index in [2.05, 4.69) is 48.7 Å². The molecule has 0 fully saturated rings. The van der Waals surface area contributed by atoms with Crippen molar-refractivity contribution in [1.82, 2.24) is 0 Å². The van der Waals surface area contributed by atoms with E-state index in [9.17, 15) is 4.79 Å². The molecule has 0 bridgehead atoms. The van der Waals surface area contributed by atoms with E-state index in [1.54, 1.807) is 11.8 Å². The Balaban J connectivity index is 2.10. The van der Waals surface area contributed by atoms with Gasteiger partial charge >= 0.3 is 5.97 Å². The van der Waals surface area contributed by atoms with Crippen LogP contribution in [-0.2, 0) is 9.53 Å². The van der Waals surface area contributed by atoms with Gasteiger partial charge in [-0.3, -0.25) is 4.79 Å². The van der Waals surface area contributed by atoms with Gasteiger partial charge in [-0.05, 0) is 48.1 Å². The van der Waals surface area contributed by atoms with Crippen LogP contribution in [0.4, 0.5) is 0 Å². The highest BCUT2D eigenvalue weighted by Crippen LogP contribution is 2.42. The van der Waals surface area contributed by atoms with E-state index < -0.39 is 0 Å². The van der Waals surface area contributed by atoms with E-state index >= 15 is 0 Å². The minimum Gasteiger partial charge on any atom is -0.426 e. The van der Waals surface area contributed by atoms with Crippen molar-refractivity contribution < 1.29 is 9.53 Å².